The van der Waals surface area contributed by atoms with Crippen LogP contribution in [0.5, 0.6) is 0 Å². The van der Waals surface area contributed by atoms with Gasteiger partial charge in [-0.2, -0.15) is 0 Å². The summed E-state index contributed by atoms with van der Waals surface area (Å²) < 4.78 is 0. The van der Waals surface area contributed by atoms with E-state index in [1.54, 1.807) is 12.1 Å². The Bertz CT molecular complexity index is 595. The van der Waals surface area contributed by atoms with Crippen LogP contribution in [0.2, 0.25) is 0 Å². The minimum atomic E-state index is -0.298. The number of carbonyl (C=O) groups is 1. The van der Waals surface area contributed by atoms with Gasteiger partial charge in [-0.25, -0.2) is 4.98 Å². The van der Waals surface area contributed by atoms with Gasteiger partial charge in [0.25, 0.3) is 5.91 Å². The normalized spacial score (nSPS) is 11.3. The maximum absolute atomic E-state index is 11.9. The fourth-order valence-electron chi connectivity index (χ4n) is 1.60. The Hall–Kier alpha value is -2.37. The largest absolute Gasteiger partial charge is 0.399 e. The Morgan fingerprint density at radius 1 is 1.30 bits per heavy atom. The molecule has 0 atom stereocenters. The molecule has 6 heteroatoms. The number of nitrogens with zero attached hydrogens (tertiary/aromatic N) is 2. The number of H-pyrrole nitrogens is 1. The summed E-state index contributed by atoms with van der Waals surface area (Å²) in [4.78, 5) is 16.2. The first kappa shape index (κ1) is 14.0. The van der Waals surface area contributed by atoms with Gasteiger partial charge >= 0.3 is 0 Å². The third-order valence-electron chi connectivity index (χ3n) is 2.83. The fraction of sp³-hybridized carbons (Fsp3) is 0.357. The maximum atomic E-state index is 11.9. The predicted molar refractivity (Wildman–Crippen MR) is 77.1 cm³/mol. The number of anilines is 1. The van der Waals surface area contributed by atoms with Crippen molar-refractivity contribution in [2.45, 2.75) is 32.7 Å². The monoisotopic (exact) mass is 273 g/mol. The van der Waals surface area contributed by atoms with E-state index in [1.165, 1.54) is 0 Å². The van der Waals surface area contributed by atoms with Crippen LogP contribution in [-0.4, -0.2) is 21.1 Å². The molecule has 0 bridgehead atoms. The lowest BCUT2D eigenvalue weighted by atomic mass is 9.96. The summed E-state index contributed by atoms with van der Waals surface area (Å²) in [7, 11) is 0. The van der Waals surface area contributed by atoms with Crippen LogP contribution in [-0.2, 0) is 12.0 Å². The lowest BCUT2D eigenvalue weighted by molar-refractivity contribution is 0.0941. The molecule has 1 heterocycles. The standard InChI is InChI=1S/C14H19N5O/c1-14(2,3)13-17-11(18-19-13)12(20)16-8-9-4-6-10(15)7-5-9/h4-7H,8,15H2,1-3H3,(H,16,20)(H,17,18,19). The number of hydrogen-bond donors (Lipinski definition) is 3. The molecular formula is C14H19N5O. The third-order valence-corrected chi connectivity index (χ3v) is 2.83. The van der Waals surface area contributed by atoms with Gasteiger partial charge in [0.05, 0.1) is 0 Å². The molecule has 6 nitrogen and oxygen atoms in total. The summed E-state index contributed by atoms with van der Waals surface area (Å²) in [6.07, 6.45) is 0. The van der Waals surface area contributed by atoms with Gasteiger partial charge < -0.3 is 11.1 Å². The molecule has 1 aromatic carbocycles. The average molecular weight is 273 g/mol. The quantitative estimate of drug-likeness (QED) is 0.740. The molecule has 0 aliphatic heterocycles. The van der Waals surface area contributed by atoms with Crippen LogP contribution < -0.4 is 11.1 Å². The van der Waals surface area contributed by atoms with Crippen molar-refractivity contribution in [3.05, 3.63) is 41.5 Å². The highest BCUT2D eigenvalue weighted by Crippen LogP contribution is 2.17. The van der Waals surface area contributed by atoms with Crippen LogP contribution in [0.3, 0.4) is 0 Å². The number of hydrogen-bond acceptors (Lipinski definition) is 4. The number of nitrogen functional groups attached to an aromatic ring is 1. The number of aromatic amines is 1. The second-order valence-corrected chi connectivity index (χ2v) is 5.68. The van der Waals surface area contributed by atoms with Crippen molar-refractivity contribution in [3.8, 4) is 0 Å². The van der Waals surface area contributed by atoms with Gasteiger partial charge in [-0.05, 0) is 17.7 Å². The highest BCUT2D eigenvalue weighted by Gasteiger charge is 2.21. The van der Waals surface area contributed by atoms with E-state index in [0.29, 0.717) is 18.1 Å². The number of carbonyl (C=O) groups excluding carboxylic acids is 1. The maximum Gasteiger partial charge on any atom is 0.291 e. The van der Waals surface area contributed by atoms with Gasteiger partial charge in [0, 0.05) is 17.6 Å². The molecule has 20 heavy (non-hydrogen) atoms. The lowest BCUT2D eigenvalue weighted by Gasteiger charge is -2.12. The second kappa shape index (κ2) is 5.32. The van der Waals surface area contributed by atoms with Crippen LogP contribution >= 0.6 is 0 Å². The first-order chi connectivity index (χ1) is 9.36. The van der Waals surface area contributed by atoms with E-state index < -0.39 is 0 Å². The number of nitrogens with two attached hydrogens (primary N) is 1. The molecule has 2 aromatic rings. The van der Waals surface area contributed by atoms with Gasteiger partial charge in [0.1, 0.15) is 5.82 Å². The number of nitrogens with one attached hydrogen (secondary N) is 2. The van der Waals surface area contributed by atoms with Crippen molar-refractivity contribution in [2.24, 2.45) is 0 Å². The molecule has 0 spiro atoms. The number of rotatable bonds is 3. The molecule has 1 amide bonds. The Kier molecular flexibility index (Phi) is 3.74. The Labute approximate surface area is 117 Å². The van der Waals surface area contributed by atoms with Gasteiger partial charge in [0.2, 0.25) is 5.82 Å². The Morgan fingerprint density at radius 2 is 1.95 bits per heavy atom. The van der Waals surface area contributed by atoms with E-state index in [-0.39, 0.29) is 17.1 Å². The topological polar surface area (TPSA) is 96.7 Å². The SMILES string of the molecule is CC(C)(C)c1nc(C(=O)NCc2ccc(N)cc2)n[nH]1. The smallest absolute Gasteiger partial charge is 0.291 e. The van der Waals surface area contributed by atoms with Gasteiger partial charge in [-0.15, -0.1) is 5.10 Å². The van der Waals surface area contributed by atoms with Crippen molar-refractivity contribution >= 4 is 11.6 Å². The summed E-state index contributed by atoms with van der Waals surface area (Å²) in [5.74, 6) is 0.550. The summed E-state index contributed by atoms with van der Waals surface area (Å²) in [5.41, 5.74) is 7.11. The van der Waals surface area contributed by atoms with Gasteiger partial charge in [0.15, 0.2) is 0 Å². The molecular weight excluding hydrogens is 254 g/mol. The minimum Gasteiger partial charge on any atom is -0.399 e. The van der Waals surface area contributed by atoms with Gasteiger partial charge in [-0.1, -0.05) is 32.9 Å². The van der Waals surface area contributed by atoms with Crippen molar-refractivity contribution in [3.63, 3.8) is 0 Å². The number of aromatic nitrogens is 3. The molecule has 4 N–H and O–H groups in total. The molecule has 106 valence electrons. The lowest BCUT2D eigenvalue weighted by Crippen LogP contribution is -2.24. The first-order valence-electron chi connectivity index (χ1n) is 6.42. The molecule has 1 aromatic heterocycles. The molecule has 0 unspecified atom stereocenters. The van der Waals surface area contributed by atoms with E-state index in [1.807, 2.05) is 32.9 Å². The van der Waals surface area contributed by atoms with Crippen LogP contribution in [0.25, 0.3) is 0 Å². The van der Waals surface area contributed by atoms with Crippen molar-refractivity contribution in [1.82, 2.24) is 20.5 Å². The summed E-state index contributed by atoms with van der Waals surface area (Å²) in [5, 5.41) is 9.51. The number of amides is 1. The van der Waals surface area contributed by atoms with Crippen LogP contribution in [0.15, 0.2) is 24.3 Å². The molecule has 0 aliphatic carbocycles. The summed E-state index contributed by atoms with van der Waals surface area (Å²) in [6.45, 7) is 6.43. The Morgan fingerprint density at radius 3 is 2.50 bits per heavy atom. The van der Waals surface area contributed by atoms with Crippen molar-refractivity contribution in [1.29, 1.82) is 0 Å². The van der Waals surface area contributed by atoms with E-state index >= 15 is 0 Å². The summed E-state index contributed by atoms with van der Waals surface area (Å²) >= 11 is 0. The molecule has 0 saturated carbocycles. The van der Waals surface area contributed by atoms with E-state index in [2.05, 4.69) is 20.5 Å². The third kappa shape index (κ3) is 3.34. The summed E-state index contributed by atoms with van der Waals surface area (Å²) in [6, 6.07) is 7.33. The first-order valence-corrected chi connectivity index (χ1v) is 6.42. The van der Waals surface area contributed by atoms with E-state index in [0.717, 1.165) is 5.56 Å². The van der Waals surface area contributed by atoms with Gasteiger partial charge in [-0.3, -0.25) is 9.89 Å². The molecule has 0 fully saturated rings. The number of benzene rings is 1. The van der Waals surface area contributed by atoms with Crippen LogP contribution in [0, 0.1) is 0 Å². The molecule has 0 radical (unpaired) electrons. The second-order valence-electron chi connectivity index (χ2n) is 5.68. The molecule has 2 rings (SSSR count). The minimum absolute atomic E-state index is 0.158. The van der Waals surface area contributed by atoms with E-state index in [4.69, 9.17) is 5.73 Å². The molecule has 0 aliphatic rings. The zero-order chi connectivity index (χ0) is 14.8. The Balaban J connectivity index is 1.98. The average Bonchev–Trinajstić information content (AvgIpc) is 2.87. The van der Waals surface area contributed by atoms with Crippen LogP contribution in [0.4, 0.5) is 5.69 Å². The van der Waals surface area contributed by atoms with Crippen molar-refractivity contribution < 1.29 is 4.79 Å². The highest BCUT2D eigenvalue weighted by atomic mass is 16.2. The zero-order valence-electron chi connectivity index (χ0n) is 11.9. The predicted octanol–water partition coefficient (Wildman–Crippen LogP) is 1.61. The zero-order valence-corrected chi connectivity index (χ0v) is 11.9. The van der Waals surface area contributed by atoms with Crippen LogP contribution in [0.1, 0.15) is 42.8 Å². The van der Waals surface area contributed by atoms with Crippen molar-refractivity contribution in [2.75, 3.05) is 5.73 Å². The highest BCUT2D eigenvalue weighted by molar-refractivity contribution is 5.90. The van der Waals surface area contributed by atoms with E-state index in [9.17, 15) is 4.79 Å². The molecule has 0 saturated heterocycles. The fourth-order valence-corrected chi connectivity index (χ4v) is 1.60.